The van der Waals surface area contributed by atoms with E-state index >= 15 is 0 Å². The molecule has 2 heterocycles. The van der Waals surface area contributed by atoms with Gasteiger partial charge in [0.05, 0.1) is 0 Å². The molecule has 21 heavy (non-hydrogen) atoms. The Kier molecular flexibility index (Phi) is 4.91. The summed E-state index contributed by atoms with van der Waals surface area (Å²) in [5.41, 5.74) is 6.73. The van der Waals surface area contributed by atoms with Gasteiger partial charge in [-0.25, -0.2) is 0 Å². The van der Waals surface area contributed by atoms with Crippen molar-refractivity contribution in [1.29, 1.82) is 0 Å². The molecule has 1 aromatic carbocycles. The van der Waals surface area contributed by atoms with E-state index in [9.17, 15) is 4.79 Å². The minimum absolute atomic E-state index is 0. The lowest BCUT2D eigenvalue weighted by molar-refractivity contribution is 0.0631. The van der Waals surface area contributed by atoms with E-state index in [0.717, 1.165) is 36.9 Å². The van der Waals surface area contributed by atoms with Crippen molar-refractivity contribution in [1.82, 2.24) is 4.90 Å². The Morgan fingerprint density at radius 1 is 1.43 bits per heavy atom. The van der Waals surface area contributed by atoms with Gasteiger partial charge in [-0.1, -0.05) is 18.2 Å². The van der Waals surface area contributed by atoms with Gasteiger partial charge in [0.25, 0.3) is 5.91 Å². The predicted molar refractivity (Wildman–Crippen MR) is 85.7 cm³/mol. The number of fused-ring (bicyclic) bond motifs is 1. The maximum Gasteiger partial charge on any atom is 0.289 e. The minimum atomic E-state index is -0.0217. The average Bonchev–Trinajstić information content (AvgIpc) is 2.90. The molecule has 0 radical (unpaired) electrons. The molecule has 1 aromatic heterocycles. The van der Waals surface area contributed by atoms with Crippen molar-refractivity contribution in [3.05, 3.63) is 36.1 Å². The summed E-state index contributed by atoms with van der Waals surface area (Å²) < 4.78 is 5.66. The van der Waals surface area contributed by atoms with Crippen molar-refractivity contribution in [2.45, 2.75) is 25.8 Å². The Hall–Kier alpha value is -1.52. The molecule has 5 heteroatoms. The average molecular weight is 309 g/mol. The number of likely N-dealkylation sites (tertiary alicyclic amines) is 1. The zero-order valence-corrected chi connectivity index (χ0v) is 12.9. The van der Waals surface area contributed by atoms with E-state index in [1.54, 1.807) is 0 Å². The molecule has 0 bridgehead atoms. The Bertz CT molecular complexity index is 591. The fourth-order valence-corrected chi connectivity index (χ4v) is 2.87. The quantitative estimate of drug-likeness (QED) is 0.927. The molecule has 2 aromatic rings. The highest BCUT2D eigenvalue weighted by Gasteiger charge is 2.28. The molecule has 2 N–H and O–H groups in total. The van der Waals surface area contributed by atoms with Gasteiger partial charge in [-0.3, -0.25) is 4.79 Å². The van der Waals surface area contributed by atoms with Crippen LogP contribution in [0.1, 0.15) is 30.3 Å². The topological polar surface area (TPSA) is 59.5 Å². The van der Waals surface area contributed by atoms with E-state index in [1.807, 2.05) is 42.2 Å². The molecule has 1 amide bonds. The predicted octanol–water partition coefficient (Wildman–Crippen LogP) is 3.05. The third-order valence-electron chi connectivity index (χ3n) is 4.12. The van der Waals surface area contributed by atoms with Crippen LogP contribution in [0.2, 0.25) is 0 Å². The Balaban J connectivity index is 0.00000161. The largest absolute Gasteiger partial charge is 0.451 e. The van der Waals surface area contributed by atoms with Crippen LogP contribution in [-0.4, -0.2) is 29.9 Å². The number of nitrogens with zero attached hydrogens (tertiary/aromatic N) is 1. The van der Waals surface area contributed by atoms with Gasteiger partial charge >= 0.3 is 0 Å². The SMILES string of the molecule is CC(N)C1CCCN(C(=O)c2cc3ccccc3o2)C1.Cl. The summed E-state index contributed by atoms with van der Waals surface area (Å²) >= 11 is 0. The van der Waals surface area contributed by atoms with Crippen LogP contribution < -0.4 is 5.73 Å². The highest BCUT2D eigenvalue weighted by atomic mass is 35.5. The maximum atomic E-state index is 12.5. The van der Waals surface area contributed by atoms with Crippen molar-refractivity contribution in [2.75, 3.05) is 13.1 Å². The summed E-state index contributed by atoms with van der Waals surface area (Å²) in [6.07, 6.45) is 2.11. The fourth-order valence-electron chi connectivity index (χ4n) is 2.87. The summed E-state index contributed by atoms with van der Waals surface area (Å²) in [4.78, 5) is 14.4. The number of nitrogens with two attached hydrogens (primary N) is 1. The van der Waals surface area contributed by atoms with Crippen molar-refractivity contribution >= 4 is 29.3 Å². The molecule has 1 aliphatic rings. The zero-order valence-electron chi connectivity index (χ0n) is 12.1. The number of hydrogen-bond acceptors (Lipinski definition) is 3. The third-order valence-corrected chi connectivity index (χ3v) is 4.12. The van der Waals surface area contributed by atoms with Gasteiger partial charge in [-0.15, -0.1) is 12.4 Å². The van der Waals surface area contributed by atoms with Gasteiger partial charge in [0.2, 0.25) is 0 Å². The number of furan rings is 1. The van der Waals surface area contributed by atoms with Crippen molar-refractivity contribution in [3.8, 4) is 0 Å². The second-order valence-corrected chi connectivity index (χ2v) is 5.66. The molecule has 2 atom stereocenters. The molecule has 1 saturated heterocycles. The number of amides is 1. The van der Waals surface area contributed by atoms with Crippen LogP contribution >= 0.6 is 12.4 Å². The van der Waals surface area contributed by atoms with Crippen LogP contribution in [0.4, 0.5) is 0 Å². The van der Waals surface area contributed by atoms with Crippen molar-refractivity contribution in [3.63, 3.8) is 0 Å². The fraction of sp³-hybridized carbons (Fsp3) is 0.438. The summed E-state index contributed by atoms with van der Waals surface area (Å²) in [5, 5.41) is 0.969. The monoisotopic (exact) mass is 308 g/mol. The smallest absolute Gasteiger partial charge is 0.289 e. The Morgan fingerprint density at radius 3 is 2.90 bits per heavy atom. The zero-order chi connectivity index (χ0) is 14.1. The number of carbonyl (C=O) groups is 1. The number of benzene rings is 1. The molecule has 1 aliphatic heterocycles. The highest BCUT2D eigenvalue weighted by molar-refractivity contribution is 5.96. The minimum Gasteiger partial charge on any atom is -0.451 e. The maximum absolute atomic E-state index is 12.5. The number of halogens is 1. The van der Waals surface area contributed by atoms with Crippen LogP contribution in [0.15, 0.2) is 34.7 Å². The normalized spacial score (nSPS) is 20.1. The first-order valence-electron chi connectivity index (χ1n) is 7.18. The number of carbonyl (C=O) groups excluding carboxylic acids is 1. The second-order valence-electron chi connectivity index (χ2n) is 5.66. The first-order valence-corrected chi connectivity index (χ1v) is 7.18. The first kappa shape index (κ1) is 15.9. The molecule has 3 rings (SSSR count). The van der Waals surface area contributed by atoms with Crippen LogP contribution in [-0.2, 0) is 0 Å². The molecule has 0 saturated carbocycles. The highest BCUT2D eigenvalue weighted by Crippen LogP contribution is 2.24. The molecule has 0 aliphatic carbocycles. The van der Waals surface area contributed by atoms with E-state index < -0.39 is 0 Å². The standard InChI is InChI=1S/C16H20N2O2.ClH/c1-11(17)13-6-4-8-18(10-13)16(19)15-9-12-5-2-3-7-14(12)20-15;/h2-3,5,7,9,11,13H,4,6,8,10,17H2,1H3;1H. The van der Waals surface area contributed by atoms with E-state index in [-0.39, 0.29) is 24.4 Å². The molecule has 1 fully saturated rings. The molecular formula is C16H21ClN2O2. The van der Waals surface area contributed by atoms with Crippen LogP contribution in [0.5, 0.6) is 0 Å². The van der Waals surface area contributed by atoms with Gasteiger partial charge in [-0.2, -0.15) is 0 Å². The summed E-state index contributed by atoms with van der Waals surface area (Å²) in [7, 11) is 0. The van der Waals surface area contributed by atoms with E-state index in [2.05, 4.69) is 0 Å². The van der Waals surface area contributed by atoms with E-state index in [4.69, 9.17) is 10.2 Å². The van der Waals surface area contributed by atoms with Gasteiger partial charge in [-0.05, 0) is 37.8 Å². The molecule has 0 spiro atoms. The van der Waals surface area contributed by atoms with Gasteiger partial charge in [0.1, 0.15) is 5.58 Å². The lowest BCUT2D eigenvalue weighted by atomic mass is 9.92. The molecule has 4 nitrogen and oxygen atoms in total. The van der Waals surface area contributed by atoms with Crippen LogP contribution in [0.3, 0.4) is 0 Å². The van der Waals surface area contributed by atoms with Crippen molar-refractivity contribution < 1.29 is 9.21 Å². The Morgan fingerprint density at radius 2 is 2.19 bits per heavy atom. The third kappa shape index (κ3) is 3.22. The summed E-state index contributed by atoms with van der Waals surface area (Å²) in [6, 6.07) is 9.64. The van der Waals surface area contributed by atoms with Crippen molar-refractivity contribution in [2.24, 2.45) is 11.7 Å². The lowest BCUT2D eigenvalue weighted by Crippen LogP contribution is -2.44. The lowest BCUT2D eigenvalue weighted by Gasteiger charge is -2.34. The summed E-state index contributed by atoms with van der Waals surface area (Å²) in [5.74, 6) is 0.792. The first-order chi connectivity index (χ1) is 9.65. The van der Waals surface area contributed by atoms with E-state index in [0.29, 0.717) is 11.7 Å². The molecule has 2 unspecified atom stereocenters. The van der Waals surface area contributed by atoms with Crippen LogP contribution in [0, 0.1) is 5.92 Å². The summed E-state index contributed by atoms with van der Waals surface area (Å²) in [6.45, 7) is 3.53. The number of rotatable bonds is 2. The van der Waals surface area contributed by atoms with Gasteiger partial charge in [0.15, 0.2) is 5.76 Å². The second kappa shape index (κ2) is 6.50. The number of hydrogen-bond donors (Lipinski definition) is 1. The Labute approximate surface area is 130 Å². The van der Waals surface area contributed by atoms with Gasteiger partial charge in [0, 0.05) is 24.5 Å². The number of piperidine rings is 1. The molecule has 114 valence electrons. The molecular weight excluding hydrogens is 288 g/mol. The van der Waals surface area contributed by atoms with Gasteiger partial charge < -0.3 is 15.1 Å². The number of para-hydroxylation sites is 1. The van der Waals surface area contributed by atoms with E-state index in [1.165, 1.54) is 0 Å². The van der Waals surface area contributed by atoms with Crippen LogP contribution in [0.25, 0.3) is 11.0 Å².